The van der Waals surface area contributed by atoms with E-state index in [0.29, 0.717) is 0 Å². The Bertz CT molecular complexity index is 1020. The van der Waals surface area contributed by atoms with Gasteiger partial charge in [-0.15, -0.1) is 0 Å². The SMILES string of the molecule is CC(=O)c1ccc(C)cc1.CCCCC.Cc1ccc(S(=O)(=O)C2(C(=O)NO)CCOCC2)cc1. The summed E-state index contributed by atoms with van der Waals surface area (Å²) in [7, 11) is -3.90. The van der Waals surface area contributed by atoms with Gasteiger partial charge in [0, 0.05) is 18.8 Å². The van der Waals surface area contributed by atoms with Crippen LogP contribution < -0.4 is 5.48 Å². The fraction of sp³-hybridized carbons (Fsp3) is 0.481. The van der Waals surface area contributed by atoms with Crippen molar-refractivity contribution in [1.29, 1.82) is 0 Å². The molecule has 1 heterocycles. The number of hydrogen-bond acceptors (Lipinski definition) is 6. The van der Waals surface area contributed by atoms with Gasteiger partial charge in [0.15, 0.2) is 20.4 Å². The Morgan fingerprint density at radius 3 is 1.74 bits per heavy atom. The van der Waals surface area contributed by atoms with Crippen molar-refractivity contribution in [3.05, 3.63) is 65.2 Å². The van der Waals surface area contributed by atoms with E-state index in [2.05, 4.69) is 13.8 Å². The third-order valence-corrected chi connectivity index (χ3v) is 8.34. The molecule has 1 saturated heterocycles. The molecule has 1 amide bonds. The predicted molar refractivity (Wildman–Crippen MR) is 137 cm³/mol. The molecule has 0 aliphatic carbocycles. The summed E-state index contributed by atoms with van der Waals surface area (Å²) in [5, 5.41) is 8.90. The topological polar surface area (TPSA) is 110 Å². The monoisotopic (exact) mass is 505 g/mol. The third-order valence-electron chi connectivity index (χ3n) is 5.83. The second-order valence-electron chi connectivity index (χ2n) is 8.64. The Hall–Kier alpha value is -2.55. The number of ketones is 1. The highest BCUT2D eigenvalue weighted by Gasteiger charge is 2.52. The molecule has 0 spiro atoms. The molecule has 7 nitrogen and oxygen atoms in total. The first-order valence-electron chi connectivity index (χ1n) is 12.0. The van der Waals surface area contributed by atoms with Crippen molar-refractivity contribution in [1.82, 2.24) is 5.48 Å². The lowest BCUT2D eigenvalue weighted by Crippen LogP contribution is -2.54. The van der Waals surface area contributed by atoms with Gasteiger partial charge in [-0.05, 0) is 45.7 Å². The first-order chi connectivity index (χ1) is 16.6. The zero-order chi connectivity index (χ0) is 26.5. The van der Waals surface area contributed by atoms with Crippen molar-refractivity contribution >= 4 is 21.5 Å². The van der Waals surface area contributed by atoms with Crippen LogP contribution in [0.4, 0.5) is 0 Å². The highest BCUT2D eigenvalue weighted by molar-refractivity contribution is 7.93. The summed E-state index contributed by atoms with van der Waals surface area (Å²) >= 11 is 0. The smallest absolute Gasteiger partial charge is 0.265 e. The molecule has 2 aromatic carbocycles. The third kappa shape index (κ3) is 8.56. The standard InChI is InChI=1S/C13H17NO5S.C9H10O.C5H12/c1-10-2-4-11(5-3-10)20(17,18)13(12(15)14-16)6-8-19-9-7-13;1-7-3-5-9(6-4-7)8(2)10;1-3-5-4-2/h2-5,16H,6-9H2,1H3,(H,14,15);3-6H,1-2H3;3-5H2,1-2H3. The number of Topliss-reactive ketones (excluding diaryl/α,β-unsaturated/α-hetero) is 1. The second-order valence-corrected chi connectivity index (χ2v) is 10.9. The van der Waals surface area contributed by atoms with Crippen molar-refractivity contribution in [2.24, 2.45) is 0 Å². The lowest BCUT2D eigenvalue weighted by Gasteiger charge is -2.34. The number of unbranched alkanes of at least 4 members (excludes halogenated alkanes) is 2. The van der Waals surface area contributed by atoms with Gasteiger partial charge in [0.2, 0.25) is 0 Å². The van der Waals surface area contributed by atoms with Crippen LogP contribution in [0.2, 0.25) is 0 Å². The first-order valence-corrected chi connectivity index (χ1v) is 13.4. The zero-order valence-electron chi connectivity index (χ0n) is 21.5. The van der Waals surface area contributed by atoms with E-state index in [-0.39, 0.29) is 36.7 Å². The summed E-state index contributed by atoms with van der Waals surface area (Å²) in [4.78, 5) is 22.8. The highest BCUT2D eigenvalue weighted by Crippen LogP contribution is 2.35. The van der Waals surface area contributed by atoms with Crippen LogP contribution >= 0.6 is 0 Å². The van der Waals surface area contributed by atoms with Crippen LogP contribution in [-0.4, -0.2) is 43.3 Å². The number of rotatable bonds is 6. The van der Waals surface area contributed by atoms with Crippen molar-refractivity contribution < 1.29 is 28.0 Å². The molecule has 194 valence electrons. The minimum Gasteiger partial charge on any atom is -0.381 e. The first kappa shape index (κ1) is 30.5. The van der Waals surface area contributed by atoms with E-state index in [0.717, 1.165) is 11.1 Å². The van der Waals surface area contributed by atoms with Gasteiger partial charge < -0.3 is 4.74 Å². The van der Waals surface area contributed by atoms with Crippen LogP contribution in [0.1, 0.15) is 74.4 Å². The number of carbonyl (C=O) groups excluding carboxylic acids is 2. The van der Waals surface area contributed by atoms with Gasteiger partial charge in [-0.2, -0.15) is 0 Å². The van der Waals surface area contributed by atoms with Crippen molar-refractivity contribution in [2.75, 3.05) is 13.2 Å². The molecular weight excluding hydrogens is 466 g/mol. The number of amides is 1. The number of benzene rings is 2. The Balaban J connectivity index is 0.000000338. The molecule has 1 aliphatic heterocycles. The molecule has 0 unspecified atom stereocenters. The van der Waals surface area contributed by atoms with E-state index in [1.165, 1.54) is 42.4 Å². The molecule has 8 heteroatoms. The maximum absolute atomic E-state index is 12.8. The maximum atomic E-state index is 12.8. The average Bonchev–Trinajstić information content (AvgIpc) is 2.85. The molecule has 1 fully saturated rings. The van der Waals surface area contributed by atoms with Crippen LogP contribution in [0.15, 0.2) is 53.4 Å². The molecule has 2 N–H and O–H groups in total. The molecule has 0 bridgehead atoms. The van der Waals surface area contributed by atoms with Gasteiger partial charge in [0.25, 0.3) is 5.91 Å². The molecular formula is C27H39NO6S. The minimum absolute atomic E-state index is 0.0234. The molecule has 0 atom stereocenters. The number of aryl methyl sites for hydroxylation is 2. The van der Waals surface area contributed by atoms with Gasteiger partial charge in [0.1, 0.15) is 0 Å². The van der Waals surface area contributed by atoms with Crippen LogP contribution in [0.5, 0.6) is 0 Å². The van der Waals surface area contributed by atoms with Crippen molar-refractivity contribution in [3.8, 4) is 0 Å². The van der Waals surface area contributed by atoms with Crippen molar-refractivity contribution in [3.63, 3.8) is 0 Å². The molecule has 0 saturated carbocycles. The number of nitrogens with one attached hydrogen (secondary N) is 1. The van der Waals surface area contributed by atoms with Gasteiger partial charge in [-0.3, -0.25) is 14.8 Å². The Morgan fingerprint density at radius 2 is 1.37 bits per heavy atom. The molecule has 0 radical (unpaired) electrons. The van der Waals surface area contributed by atoms with Gasteiger partial charge >= 0.3 is 0 Å². The second kappa shape index (κ2) is 14.8. The number of carbonyl (C=O) groups is 2. The van der Waals surface area contributed by atoms with E-state index < -0.39 is 20.5 Å². The summed E-state index contributed by atoms with van der Waals surface area (Å²) < 4.78 is 29.1. The lowest BCUT2D eigenvalue weighted by atomic mass is 9.98. The maximum Gasteiger partial charge on any atom is 0.265 e. The van der Waals surface area contributed by atoms with E-state index in [1.54, 1.807) is 19.1 Å². The summed E-state index contributed by atoms with van der Waals surface area (Å²) in [5.41, 5.74) is 4.38. The minimum atomic E-state index is -3.90. The van der Waals surface area contributed by atoms with Crippen LogP contribution in [0.25, 0.3) is 0 Å². The molecule has 0 aromatic heterocycles. The molecule has 1 aliphatic rings. The molecule has 35 heavy (non-hydrogen) atoms. The normalized spacial score (nSPS) is 14.5. The zero-order valence-corrected chi connectivity index (χ0v) is 22.3. The number of ether oxygens (including phenoxy) is 1. The van der Waals surface area contributed by atoms with Crippen LogP contribution in [0, 0.1) is 13.8 Å². The Morgan fingerprint density at radius 1 is 0.914 bits per heavy atom. The highest BCUT2D eigenvalue weighted by atomic mass is 32.2. The Kier molecular flexibility index (Phi) is 12.9. The summed E-state index contributed by atoms with van der Waals surface area (Å²) in [5.74, 6) is -0.777. The van der Waals surface area contributed by atoms with Crippen LogP contribution in [0.3, 0.4) is 0 Å². The molecule has 3 rings (SSSR count). The number of sulfone groups is 1. The van der Waals surface area contributed by atoms with Crippen molar-refractivity contribution in [2.45, 2.75) is 76.4 Å². The lowest BCUT2D eigenvalue weighted by molar-refractivity contribution is -0.134. The number of hydrogen-bond donors (Lipinski definition) is 2. The van der Waals surface area contributed by atoms with Gasteiger partial charge in [0.05, 0.1) is 4.90 Å². The quantitative estimate of drug-likeness (QED) is 0.317. The van der Waals surface area contributed by atoms with Gasteiger partial charge in [-0.25, -0.2) is 13.9 Å². The van der Waals surface area contributed by atoms with E-state index in [1.807, 2.05) is 38.1 Å². The van der Waals surface area contributed by atoms with Gasteiger partial charge in [-0.1, -0.05) is 80.6 Å². The summed E-state index contributed by atoms with van der Waals surface area (Å²) in [6, 6.07) is 13.9. The Labute approximate surface area is 209 Å². The fourth-order valence-electron chi connectivity index (χ4n) is 3.51. The predicted octanol–water partition coefficient (Wildman–Crippen LogP) is 5.22. The van der Waals surface area contributed by atoms with E-state index in [4.69, 9.17) is 9.94 Å². The van der Waals surface area contributed by atoms with E-state index >= 15 is 0 Å². The van der Waals surface area contributed by atoms with E-state index in [9.17, 15) is 18.0 Å². The summed E-state index contributed by atoms with van der Waals surface area (Å²) in [6.45, 7) is 10.2. The molecule has 2 aromatic rings. The largest absolute Gasteiger partial charge is 0.381 e. The van der Waals surface area contributed by atoms with Crippen LogP contribution in [-0.2, 0) is 19.4 Å². The number of hydroxylamine groups is 1. The average molecular weight is 506 g/mol. The fourth-order valence-corrected chi connectivity index (χ4v) is 5.45. The summed E-state index contributed by atoms with van der Waals surface area (Å²) in [6.07, 6.45) is 4.12.